The fourth-order valence-electron chi connectivity index (χ4n) is 4.66. The zero-order chi connectivity index (χ0) is 24.9. The number of hydrogen-bond acceptors (Lipinski definition) is 4. The van der Waals surface area contributed by atoms with Crippen LogP contribution in [0.5, 0.6) is 0 Å². The number of imidazole rings is 1. The Morgan fingerprint density at radius 1 is 0.972 bits per heavy atom. The molecule has 7 nitrogen and oxygen atoms in total. The average Bonchev–Trinajstić information content (AvgIpc) is 3.35. The summed E-state index contributed by atoms with van der Waals surface area (Å²) >= 11 is 0. The van der Waals surface area contributed by atoms with Gasteiger partial charge in [0.1, 0.15) is 0 Å². The maximum absolute atomic E-state index is 13.8. The molecule has 0 aliphatic carbocycles. The molecule has 1 aromatic heterocycles. The van der Waals surface area contributed by atoms with E-state index in [1.165, 1.54) is 6.92 Å². The predicted octanol–water partition coefficient (Wildman–Crippen LogP) is 4.38. The molecule has 2 N–H and O–H groups in total. The van der Waals surface area contributed by atoms with Gasteiger partial charge in [-0.15, -0.1) is 0 Å². The van der Waals surface area contributed by atoms with Crippen LogP contribution in [0.1, 0.15) is 34.1 Å². The van der Waals surface area contributed by atoms with Crippen LogP contribution in [0, 0.1) is 0 Å². The Kier molecular flexibility index (Phi) is 6.80. The maximum Gasteiger partial charge on any atom is 0.254 e. The van der Waals surface area contributed by atoms with Gasteiger partial charge in [0.15, 0.2) is 0 Å². The Balaban J connectivity index is 1.48. The van der Waals surface area contributed by atoms with Crippen LogP contribution in [-0.4, -0.2) is 39.8 Å². The second-order valence-electron chi connectivity index (χ2n) is 9.00. The normalized spacial score (nSPS) is 13.1. The summed E-state index contributed by atoms with van der Waals surface area (Å²) < 4.78 is 0. The molecule has 182 valence electrons. The zero-order valence-electron chi connectivity index (χ0n) is 20.3. The second-order valence-corrected chi connectivity index (χ2v) is 9.00. The molecular formula is C29H29N5O2. The predicted molar refractivity (Wildman–Crippen MR) is 140 cm³/mol. The van der Waals surface area contributed by atoms with Crippen LogP contribution in [-0.2, 0) is 24.4 Å². The molecule has 3 aromatic carbocycles. The van der Waals surface area contributed by atoms with Crippen molar-refractivity contribution in [3.05, 3.63) is 108 Å². The largest absolute Gasteiger partial charge is 0.364 e. The molecule has 0 saturated carbocycles. The van der Waals surface area contributed by atoms with E-state index in [0.717, 1.165) is 33.6 Å². The molecule has 0 spiro atoms. The minimum atomic E-state index is -0.121. The van der Waals surface area contributed by atoms with E-state index in [0.29, 0.717) is 38.3 Å². The molecule has 1 aliphatic rings. The van der Waals surface area contributed by atoms with Gasteiger partial charge >= 0.3 is 0 Å². The number of aromatic nitrogens is 2. The molecular weight excluding hydrogens is 450 g/mol. The number of hydrogen-bond donors (Lipinski definition) is 2. The van der Waals surface area contributed by atoms with Gasteiger partial charge in [-0.25, -0.2) is 4.98 Å². The highest BCUT2D eigenvalue weighted by Gasteiger charge is 2.26. The summed E-state index contributed by atoms with van der Waals surface area (Å²) in [6.07, 6.45) is 3.53. The number of benzene rings is 3. The summed E-state index contributed by atoms with van der Waals surface area (Å²) in [7, 11) is 0. The number of rotatable bonds is 6. The van der Waals surface area contributed by atoms with Crippen LogP contribution in [0.4, 0.5) is 5.69 Å². The first-order valence-electron chi connectivity index (χ1n) is 12.1. The molecule has 1 aliphatic heterocycles. The minimum Gasteiger partial charge on any atom is -0.364 e. The van der Waals surface area contributed by atoms with Crippen molar-refractivity contribution in [2.45, 2.75) is 26.6 Å². The molecule has 2 heterocycles. The van der Waals surface area contributed by atoms with Gasteiger partial charge in [-0.3, -0.25) is 9.59 Å². The van der Waals surface area contributed by atoms with E-state index in [2.05, 4.69) is 50.5 Å². The summed E-state index contributed by atoms with van der Waals surface area (Å²) in [6, 6.07) is 24.3. The van der Waals surface area contributed by atoms with Gasteiger partial charge in [0.2, 0.25) is 5.91 Å². The first-order valence-corrected chi connectivity index (χ1v) is 12.1. The molecule has 7 heteroatoms. The summed E-state index contributed by atoms with van der Waals surface area (Å²) in [4.78, 5) is 36.8. The van der Waals surface area contributed by atoms with Crippen LogP contribution < -0.4 is 10.2 Å². The van der Waals surface area contributed by atoms with E-state index in [1.807, 2.05) is 53.6 Å². The standard InChI is InChI=1S/C29H29N5O2/c1-21(35)31-16-24-9-5-6-10-27(24)29(36)34-14-13-33(19-26-17-30-20-32-26)28-12-11-23(15-25(28)18-34)22-7-3-2-4-8-22/h2-12,15,17,20H,13-14,16,18-19H2,1H3,(H,30,32)(H,31,35). The number of nitrogens with zero attached hydrogens (tertiary/aromatic N) is 3. The van der Waals surface area contributed by atoms with Gasteiger partial charge in [-0.2, -0.15) is 0 Å². The lowest BCUT2D eigenvalue weighted by Crippen LogP contribution is -2.36. The lowest BCUT2D eigenvalue weighted by molar-refractivity contribution is -0.119. The number of nitrogens with one attached hydrogen (secondary N) is 2. The number of fused-ring (bicyclic) bond motifs is 1. The quantitative estimate of drug-likeness (QED) is 0.430. The van der Waals surface area contributed by atoms with Crippen LogP contribution in [0.2, 0.25) is 0 Å². The van der Waals surface area contributed by atoms with Crippen molar-refractivity contribution in [2.75, 3.05) is 18.0 Å². The minimum absolute atomic E-state index is 0.0320. The van der Waals surface area contributed by atoms with E-state index >= 15 is 0 Å². The highest BCUT2D eigenvalue weighted by Crippen LogP contribution is 2.32. The van der Waals surface area contributed by atoms with Gasteiger partial charge in [0.25, 0.3) is 5.91 Å². The third-order valence-corrected chi connectivity index (χ3v) is 6.51. The third kappa shape index (κ3) is 5.15. The zero-order valence-corrected chi connectivity index (χ0v) is 20.3. The van der Waals surface area contributed by atoms with Crippen molar-refractivity contribution in [2.24, 2.45) is 0 Å². The fourth-order valence-corrected chi connectivity index (χ4v) is 4.66. The van der Waals surface area contributed by atoms with E-state index in [9.17, 15) is 9.59 Å². The number of carbonyl (C=O) groups is 2. The molecule has 0 unspecified atom stereocenters. The highest BCUT2D eigenvalue weighted by atomic mass is 16.2. The summed E-state index contributed by atoms with van der Waals surface area (Å²) in [6.45, 7) is 4.26. The van der Waals surface area contributed by atoms with Gasteiger partial charge in [0.05, 0.1) is 18.6 Å². The molecule has 5 rings (SSSR count). The number of H-pyrrole nitrogens is 1. The topological polar surface area (TPSA) is 81.3 Å². The SMILES string of the molecule is CC(=O)NCc1ccccc1C(=O)N1CCN(Cc2cnc[nH]2)c2ccc(-c3ccccc3)cc2C1. The van der Waals surface area contributed by atoms with Gasteiger partial charge in [-0.05, 0) is 40.5 Å². The Morgan fingerprint density at radius 2 is 1.78 bits per heavy atom. The number of amides is 2. The summed E-state index contributed by atoms with van der Waals surface area (Å²) in [5.74, 6) is -0.153. The maximum atomic E-state index is 13.8. The Hall–Kier alpha value is -4.39. The Bertz CT molecular complexity index is 1350. The van der Waals surface area contributed by atoms with Crippen molar-refractivity contribution in [3.8, 4) is 11.1 Å². The van der Waals surface area contributed by atoms with Gasteiger partial charge < -0.3 is 20.1 Å². The van der Waals surface area contributed by atoms with Crippen molar-refractivity contribution in [1.82, 2.24) is 20.2 Å². The monoisotopic (exact) mass is 479 g/mol. The number of anilines is 1. The van der Waals surface area contributed by atoms with E-state index in [1.54, 1.807) is 6.33 Å². The van der Waals surface area contributed by atoms with Crippen molar-refractivity contribution in [1.29, 1.82) is 0 Å². The van der Waals surface area contributed by atoms with Crippen LogP contribution in [0.3, 0.4) is 0 Å². The molecule has 0 atom stereocenters. The van der Waals surface area contributed by atoms with Crippen LogP contribution >= 0.6 is 0 Å². The van der Waals surface area contributed by atoms with Gasteiger partial charge in [-0.1, -0.05) is 54.6 Å². The Labute approximate surface area is 210 Å². The summed E-state index contributed by atoms with van der Waals surface area (Å²) in [5.41, 5.74) is 6.93. The Morgan fingerprint density at radius 3 is 2.56 bits per heavy atom. The number of carbonyl (C=O) groups excluding carboxylic acids is 2. The van der Waals surface area contributed by atoms with Gasteiger partial charge in [0, 0.05) is 50.6 Å². The molecule has 0 radical (unpaired) electrons. The average molecular weight is 480 g/mol. The number of aromatic amines is 1. The van der Waals surface area contributed by atoms with E-state index < -0.39 is 0 Å². The molecule has 2 amide bonds. The molecule has 0 bridgehead atoms. The molecule has 36 heavy (non-hydrogen) atoms. The first kappa shape index (κ1) is 23.4. The highest BCUT2D eigenvalue weighted by molar-refractivity contribution is 5.96. The third-order valence-electron chi connectivity index (χ3n) is 6.51. The van der Waals surface area contributed by atoms with E-state index in [-0.39, 0.29) is 11.8 Å². The molecule has 4 aromatic rings. The lowest BCUT2D eigenvalue weighted by atomic mass is 10.0. The molecule has 0 saturated heterocycles. The van der Waals surface area contributed by atoms with Crippen molar-refractivity contribution < 1.29 is 9.59 Å². The van der Waals surface area contributed by atoms with Crippen molar-refractivity contribution in [3.63, 3.8) is 0 Å². The molecule has 0 fully saturated rings. The summed E-state index contributed by atoms with van der Waals surface area (Å²) in [5, 5.41) is 2.82. The van der Waals surface area contributed by atoms with Crippen LogP contribution in [0.25, 0.3) is 11.1 Å². The fraction of sp³-hybridized carbons (Fsp3) is 0.207. The van der Waals surface area contributed by atoms with Crippen molar-refractivity contribution >= 4 is 17.5 Å². The van der Waals surface area contributed by atoms with Crippen LogP contribution in [0.15, 0.2) is 85.3 Å². The van der Waals surface area contributed by atoms with E-state index in [4.69, 9.17) is 0 Å². The second kappa shape index (κ2) is 10.5. The smallest absolute Gasteiger partial charge is 0.254 e. The lowest BCUT2D eigenvalue weighted by Gasteiger charge is -2.25. The first-order chi connectivity index (χ1) is 17.6.